The number of allylic oxidation sites excluding steroid dienone is 1. The van der Waals surface area contributed by atoms with Gasteiger partial charge in [-0.2, -0.15) is 0 Å². The van der Waals surface area contributed by atoms with Gasteiger partial charge in [-0.05, 0) is 49.1 Å². The molecule has 1 aliphatic rings. The van der Waals surface area contributed by atoms with Crippen molar-refractivity contribution < 1.29 is 28.8 Å². The second kappa shape index (κ2) is 23.5. The lowest BCUT2D eigenvalue weighted by Crippen LogP contribution is -2.40. The van der Waals surface area contributed by atoms with Crippen LogP contribution in [0.1, 0.15) is 128 Å². The van der Waals surface area contributed by atoms with E-state index in [9.17, 15) is 4.79 Å². The van der Waals surface area contributed by atoms with Crippen LogP contribution in [-0.2, 0) is 20.9 Å². The first-order valence-electron chi connectivity index (χ1n) is 18.1. The number of hydrogen-bond donors (Lipinski definition) is 1. The van der Waals surface area contributed by atoms with Crippen LogP contribution in [-0.4, -0.2) is 43.6 Å². The smallest absolute Gasteiger partial charge is 0.334 e. The molecule has 0 amide bonds. The molecule has 3 rings (SSSR count). The molecule has 256 valence electrons. The van der Waals surface area contributed by atoms with Gasteiger partial charge in [0.15, 0.2) is 5.60 Å². The molecule has 1 unspecified atom stereocenters. The standard InChI is InChI=1S/C40H60O6/c1-43-37-26-28-38(29-27-37)45-34-40(33-44-32-35-23-19-18-20-24-35)31-36(39(42)46-40)25-21-16-14-12-10-8-6-4-2-3-5-7-9-11-13-15-17-22-30-41/h18-20,23-29,41H,2-17,21-22,30-34H2,1H3/b36-25-. The number of carbonyl (C=O) groups excluding carboxylic acids is 1. The zero-order chi connectivity index (χ0) is 32.5. The summed E-state index contributed by atoms with van der Waals surface area (Å²) in [5.74, 6) is 1.21. The highest BCUT2D eigenvalue weighted by atomic mass is 16.6. The van der Waals surface area contributed by atoms with Crippen LogP contribution >= 0.6 is 0 Å². The Hall–Kier alpha value is -2.83. The van der Waals surface area contributed by atoms with Crippen LogP contribution in [0.25, 0.3) is 0 Å². The minimum atomic E-state index is -0.849. The quantitative estimate of drug-likeness (QED) is 0.0598. The van der Waals surface area contributed by atoms with Crippen molar-refractivity contribution in [3.05, 3.63) is 71.8 Å². The molecule has 0 aromatic heterocycles. The van der Waals surface area contributed by atoms with Gasteiger partial charge in [-0.15, -0.1) is 0 Å². The van der Waals surface area contributed by atoms with Gasteiger partial charge in [-0.25, -0.2) is 4.79 Å². The molecule has 1 heterocycles. The Morgan fingerprint density at radius 1 is 0.696 bits per heavy atom. The number of aliphatic hydroxyl groups excluding tert-OH is 1. The lowest BCUT2D eigenvalue weighted by molar-refractivity contribution is -0.156. The van der Waals surface area contributed by atoms with E-state index < -0.39 is 5.60 Å². The molecular formula is C40H60O6. The monoisotopic (exact) mass is 636 g/mol. The fraction of sp³-hybridized carbons (Fsp3) is 0.625. The van der Waals surface area contributed by atoms with Crippen LogP contribution in [0.5, 0.6) is 11.5 Å². The number of cyclic esters (lactones) is 1. The number of carbonyl (C=O) groups is 1. The number of esters is 1. The summed E-state index contributed by atoms with van der Waals surface area (Å²) in [7, 11) is 1.64. The summed E-state index contributed by atoms with van der Waals surface area (Å²) in [6.45, 7) is 1.30. The maximum Gasteiger partial charge on any atom is 0.334 e. The van der Waals surface area contributed by atoms with Crippen LogP contribution in [0.15, 0.2) is 66.2 Å². The largest absolute Gasteiger partial charge is 0.497 e. The number of benzene rings is 2. The lowest BCUT2D eigenvalue weighted by atomic mass is 9.98. The Balaban J connectivity index is 1.28. The van der Waals surface area contributed by atoms with E-state index in [1.165, 1.54) is 96.3 Å². The molecule has 0 radical (unpaired) electrons. The SMILES string of the molecule is COc1ccc(OCC2(COCc3ccccc3)C/C(=C/CCCCCCCCCCCCCCCCCCCO)C(=O)O2)cc1. The molecule has 0 saturated carbocycles. The summed E-state index contributed by atoms with van der Waals surface area (Å²) >= 11 is 0. The highest BCUT2D eigenvalue weighted by molar-refractivity contribution is 5.91. The predicted octanol–water partition coefficient (Wildman–Crippen LogP) is 9.92. The van der Waals surface area contributed by atoms with Crippen molar-refractivity contribution in [1.82, 2.24) is 0 Å². The number of methoxy groups -OCH3 is 1. The third-order valence-electron chi connectivity index (χ3n) is 8.87. The lowest BCUT2D eigenvalue weighted by Gasteiger charge is -2.27. The topological polar surface area (TPSA) is 74.2 Å². The number of rotatable bonds is 27. The Bertz CT molecular complexity index is 1080. The second-order valence-corrected chi connectivity index (χ2v) is 12.9. The fourth-order valence-corrected chi connectivity index (χ4v) is 6.08. The van der Waals surface area contributed by atoms with Crippen LogP contribution < -0.4 is 9.47 Å². The van der Waals surface area contributed by atoms with Crippen molar-refractivity contribution in [2.75, 3.05) is 26.9 Å². The number of unbranched alkanes of at least 4 members (excludes halogenated alkanes) is 17. The summed E-state index contributed by atoms with van der Waals surface area (Å²) in [5, 5.41) is 8.82. The van der Waals surface area contributed by atoms with Gasteiger partial charge < -0.3 is 24.1 Å². The van der Waals surface area contributed by atoms with Crippen molar-refractivity contribution in [3.63, 3.8) is 0 Å². The Morgan fingerprint density at radius 2 is 1.22 bits per heavy atom. The average Bonchev–Trinajstić information content (AvgIpc) is 3.40. The van der Waals surface area contributed by atoms with E-state index in [4.69, 9.17) is 24.1 Å². The second-order valence-electron chi connectivity index (χ2n) is 12.9. The van der Waals surface area contributed by atoms with Gasteiger partial charge in [-0.1, -0.05) is 133 Å². The van der Waals surface area contributed by atoms with Gasteiger partial charge in [-0.3, -0.25) is 0 Å². The van der Waals surface area contributed by atoms with E-state index in [0.29, 0.717) is 25.4 Å². The van der Waals surface area contributed by atoms with E-state index in [0.717, 1.165) is 36.1 Å². The fourth-order valence-electron chi connectivity index (χ4n) is 6.08. The molecule has 46 heavy (non-hydrogen) atoms. The van der Waals surface area contributed by atoms with Crippen LogP contribution in [0.2, 0.25) is 0 Å². The molecule has 0 bridgehead atoms. The van der Waals surface area contributed by atoms with Gasteiger partial charge in [0.05, 0.1) is 20.3 Å². The van der Waals surface area contributed by atoms with Crippen molar-refractivity contribution >= 4 is 5.97 Å². The Morgan fingerprint density at radius 3 is 1.76 bits per heavy atom. The van der Waals surface area contributed by atoms with E-state index in [1.807, 2.05) is 54.6 Å². The summed E-state index contributed by atoms with van der Waals surface area (Å²) in [4.78, 5) is 12.9. The van der Waals surface area contributed by atoms with Gasteiger partial charge >= 0.3 is 5.97 Å². The first-order chi connectivity index (χ1) is 22.6. The minimum Gasteiger partial charge on any atom is -0.497 e. The highest BCUT2D eigenvalue weighted by Crippen LogP contribution is 2.33. The van der Waals surface area contributed by atoms with E-state index in [1.54, 1.807) is 7.11 Å². The van der Waals surface area contributed by atoms with Crippen molar-refractivity contribution in [2.24, 2.45) is 0 Å². The summed E-state index contributed by atoms with van der Waals surface area (Å²) in [6.07, 6.45) is 25.4. The minimum absolute atomic E-state index is 0.226. The van der Waals surface area contributed by atoms with Gasteiger partial charge in [0.2, 0.25) is 0 Å². The van der Waals surface area contributed by atoms with E-state index in [-0.39, 0.29) is 19.2 Å². The summed E-state index contributed by atoms with van der Waals surface area (Å²) in [6, 6.07) is 17.5. The molecule has 0 aliphatic carbocycles. The molecule has 1 N–H and O–H groups in total. The third kappa shape index (κ3) is 15.6. The highest BCUT2D eigenvalue weighted by Gasteiger charge is 2.45. The number of aliphatic hydroxyl groups is 1. The summed E-state index contributed by atoms with van der Waals surface area (Å²) < 4.78 is 23.4. The van der Waals surface area contributed by atoms with Crippen molar-refractivity contribution in [1.29, 1.82) is 0 Å². The van der Waals surface area contributed by atoms with Crippen LogP contribution in [0, 0.1) is 0 Å². The Kier molecular flexibility index (Phi) is 19.2. The van der Waals surface area contributed by atoms with Crippen molar-refractivity contribution in [2.45, 2.75) is 134 Å². The van der Waals surface area contributed by atoms with E-state index in [2.05, 4.69) is 6.08 Å². The zero-order valence-corrected chi connectivity index (χ0v) is 28.5. The van der Waals surface area contributed by atoms with Crippen LogP contribution in [0.4, 0.5) is 0 Å². The molecule has 6 nitrogen and oxygen atoms in total. The predicted molar refractivity (Wildman–Crippen MR) is 186 cm³/mol. The molecule has 1 atom stereocenters. The third-order valence-corrected chi connectivity index (χ3v) is 8.87. The Labute approximate surface area is 278 Å². The van der Waals surface area contributed by atoms with E-state index >= 15 is 0 Å². The van der Waals surface area contributed by atoms with Crippen molar-refractivity contribution in [3.8, 4) is 11.5 Å². The van der Waals surface area contributed by atoms with Gasteiger partial charge in [0.1, 0.15) is 18.1 Å². The first kappa shape index (κ1) is 37.6. The van der Waals surface area contributed by atoms with Gasteiger partial charge in [0.25, 0.3) is 0 Å². The zero-order valence-electron chi connectivity index (χ0n) is 28.5. The number of hydrogen-bond acceptors (Lipinski definition) is 6. The first-order valence-corrected chi connectivity index (χ1v) is 18.1. The normalized spacial score (nSPS) is 17.0. The molecule has 6 heteroatoms. The van der Waals surface area contributed by atoms with Crippen LogP contribution in [0.3, 0.4) is 0 Å². The number of ether oxygens (including phenoxy) is 4. The molecular weight excluding hydrogens is 576 g/mol. The molecule has 2 aromatic rings. The maximum absolute atomic E-state index is 12.9. The molecule has 1 aliphatic heterocycles. The van der Waals surface area contributed by atoms with Gasteiger partial charge in [0, 0.05) is 18.6 Å². The molecule has 1 saturated heterocycles. The molecule has 2 aromatic carbocycles. The summed E-state index contributed by atoms with van der Waals surface area (Å²) in [5.41, 5.74) is 0.968. The molecule has 1 fully saturated rings. The maximum atomic E-state index is 12.9. The average molecular weight is 637 g/mol. The molecule has 0 spiro atoms.